The van der Waals surface area contributed by atoms with Crippen LogP contribution in [0.5, 0.6) is 0 Å². The fourth-order valence-corrected chi connectivity index (χ4v) is 5.17. The number of nitrogens with zero attached hydrogens (tertiary/aromatic N) is 2. The molecule has 0 fully saturated rings. The fraction of sp³-hybridized carbons (Fsp3) is 0.394. The van der Waals surface area contributed by atoms with E-state index in [0.29, 0.717) is 6.61 Å². The summed E-state index contributed by atoms with van der Waals surface area (Å²) in [5.74, 6) is 5.53. The second-order valence-electron chi connectivity index (χ2n) is 10.4. The van der Waals surface area contributed by atoms with Crippen molar-refractivity contribution in [3.05, 3.63) is 88.0 Å². The lowest BCUT2D eigenvalue weighted by Crippen LogP contribution is -2.31. The largest absolute Gasteiger partial charge is 0.483 e. The Hall–Kier alpha value is -4.08. The molecule has 0 radical (unpaired) electrons. The lowest BCUT2D eigenvalue weighted by Gasteiger charge is -2.26. The Morgan fingerprint density at radius 3 is 2.36 bits per heavy atom. The molecule has 0 aliphatic heterocycles. The Balaban J connectivity index is 0.00000197. The highest BCUT2D eigenvalue weighted by atomic mass is 16.5. The number of esters is 1. The van der Waals surface area contributed by atoms with Crippen molar-refractivity contribution in [2.75, 3.05) is 56.5 Å². The van der Waals surface area contributed by atoms with Crippen molar-refractivity contribution in [3.8, 4) is 0 Å². The molecule has 1 atom stereocenters. The van der Waals surface area contributed by atoms with Crippen LogP contribution >= 0.6 is 0 Å². The highest BCUT2D eigenvalue weighted by Gasteiger charge is 2.24. The molecular formula is C33H47N5O4. The summed E-state index contributed by atoms with van der Waals surface area (Å²) in [6.07, 6.45) is 0.261. The lowest BCUT2D eigenvalue weighted by molar-refractivity contribution is -0.143. The zero-order chi connectivity index (χ0) is 31.2. The van der Waals surface area contributed by atoms with Gasteiger partial charge in [0.2, 0.25) is 0 Å². The summed E-state index contributed by atoms with van der Waals surface area (Å²) in [6.45, 7) is 11.0. The molecule has 0 aliphatic rings. The van der Waals surface area contributed by atoms with Gasteiger partial charge in [-0.3, -0.25) is 15.4 Å². The quantitative estimate of drug-likeness (QED) is 0.0929. The average Bonchev–Trinajstić information content (AvgIpc) is 2.96. The summed E-state index contributed by atoms with van der Waals surface area (Å²) in [6, 6.07) is 19.1. The topological polar surface area (TPSA) is 120 Å². The van der Waals surface area contributed by atoms with Crippen LogP contribution in [0.4, 0.5) is 17.1 Å². The van der Waals surface area contributed by atoms with Crippen LogP contribution in [-0.4, -0.2) is 63.3 Å². The minimum Gasteiger partial charge on any atom is -0.483 e. The molecule has 9 heteroatoms. The summed E-state index contributed by atoms with van der Waals surface area (Å²) < 4.78 is 5.37. The highest BCUT2D eigenvalue weighted by molar-refractivity contribution is 5.76. The van der Waals surface area contributed by atoms with Gasteiger partial charge in [-0.1, -0.05) is 42.5 Å². The van der Waals surface area contributed by atoms with Gasteiger partial charge in [0.1, 0.15) is 0 Å². The van der Waals surface area contributed by atoms with Crippen LogP contribution in [0, 0.1) is 20.8 Å². The Morgan fingerprint density at radius 1 is 1.05 bits per heavy atom. The average molecular weight is 578 g/mol. The SMILES string of the molecule is CCOC(=O)CC(c1ccc(C)c(CN(C)CCN(C)c2ccccc2C)c1)c1ccc(NC)c(NN)c1C.O=CO. The number of carboxylic acid groups (broad SMARTS) is 1. The summed E-state index contributed by atoms with van der Waals surface area (Å²) in [5.41, 5.74) is 12.8. The third-order valence-electron chi connectivity index (χ3n) is 7.53. The van der Waals surface area contributed by atoms with Crippen molar-refractivity contribution in [2.24, 2.45) is 5.84 Å². The van der Waals surface area contributed by atoms with Crippen LogP contribution in [0.3, 0.4) is 0 Å². The molecule has 0 saturated heterocycles. The van der Waals surface area contributed by atoms with Crippen molar-refractivity contribution in [2.45, 2.75) is 46.6 Å². The van der Waals surface area contributed by atoms with E-state index in [1.54, 1.807) is 0 Å². The van der Waals surface area contributed by atoms with Gasteiger partial charge in [0.15, 0.2) is 0 Å². The molecule has 0 aromatic heterocycles. The van der Waals surface area contributed by atoms with E-state index >= 15 is 0 Å². The van der Waals surface area contributed by atoms with Crippen LogP contribution in [0.2, 0.25) is 0 Å². The number of nitrogens with two attached hydrogens (primary N) is 1. The normalized spacial score (nSPS) is 11.3. The van der Waals surface area contributed by atoms with Gasteiger partial charge in [0, 0.05) is 45.3 Å². The van der Waals surface area contributed by atoms with Gasteiger partial charge in [-0.2, -0.15) is 0 Å². The van der Waals surface area contributed by atoms with Crippen molar-refractivity contribution >= 4 is 29.5 Å². The maximum atomic E-state index is 12.7. The van der Waals surface area contributed by atoms with Gasteiger partial charge in [0.05, 0.1) is 24.4 Å². The Labute approximate surface area is 250 Å². The zero-order valence-corrected chi connectivity index (χ0v) is 26.0. The van der Waals surface area contributed by atoms with Crippen LogP contribution in [-0.2, 0) is 20.9 Å². The number of benzene rings is 3. The molecule has 9 nitrogen and oxygen atoms in total. The molecule has 42 heavy (non-hydrogen) atoms. The first-order valence-corrected chi connectivity index (χ1v) is 14.2. The number of carbonyl (C=O) groups is 2. The number of ether oxygens (including phenoxy) is 1. The highest BCUT2D eigenvalue weighted by Crippen LogP contribution is 2.37. The Kier molecular flexibility index (Phi) is 13.8. The zero-order valence-electron chi connectivity index (χ0n) is 26.0. The first-order valence-electron chi connectivity index (χ1n) is 14.2. The Bertz CT molecular complexity index is 1310. The second-order valence-corrected chi connectivity index (χ2v) is 10.4. The number of aryl methyl sites for hydroxylation is 2. The third-order valence-corrected chi connectivity index (χ3v) is 7.53. The molecule has 0 amide bonds. The van der Waals surface area contributed by atoms with Crippen molar-refractivity contribution in [3.63, 3.8) is 0 Å². The van der Waals surface area contributed by atoms with Crippen molar-refractivity contribution < 1.29 is 19.4 Å². The molecule has 5 N–H and O–H groups in total. The van der Waals surface area contributed by atoms with E-state index in [2.05, 4.69) is 97.0 Å². The number of carbonyl (C=O) groups excluding carboxylic acids is 1. The molecule has 228 valence electrons. The van der Waals surface area contributed by atoms with Crippen molar-refractivity contribution in [1.29, 1.82) is 0 Å². The molecular weight excluding hydrogens is 530 g/mol. The Morgan fingerprint density at radius 2 is 1.74 bits per heavy atom. The standard InChI is InChI=1S/C32H45N5O2.CH2O2/c1-8-39-31(38)20-28(27-15-16-29(34-5)32(35-33)24(27)4)25-14-13-22(2)26(19-25)21-36(6)17-18-37(7)30-12-10-9-11-23(30)3;2-1-3/h9-16,19,28,34-35H,8,17-18,20-21,33H2,1-7H3;1H,(H,2,3). The second kappa shape index (κ2) is 17.0. The summed E-state index contributed by atoms with van der Waals surface area (Å²) in [4.78, 5) is 25.7. The van der Waals surface area contributed by atoms with Crippen LogP contribution in [0.25, 0.3) is 0 Å². The minimum absolute atomic E-state index is 0.154. The van der Waals surface area contributed by atoms with Crippen molar-refractivity contribution in [1.82, 2.24) is 4.90 Å². The molecule has 0 heterocycles. The number of hydrazine groups is 1. The van der Waals surface area contributed by atoms with E-state index in [9.17, 15) is 4.79 Å². The van der Waals surface area contributed by atoms with Gasteiger partial charge >= 0.3 is 5.97 Å². The number of hydrogen-bond donors (Lipinski definition) is 4. The molecule has 0 bridgehead atoms. The third kappa shape index (κ3) is 9.22. The maximum absolute atomic E-state index is 12.7. The van der Waals surface area contributed by atoms with E-state index in [0.717, 1.165) is 47.7 Å². The van der Waals surface area contributed by atoms with E-state index in [1.807, 2.05) is 27.0 Å². The molecule has 1 unspecified atom stereocenters. The molecule has 0 saturated carbocycles. The first-order chi connectivity index (χ1) is 20.1. The van der Waals surface area contributed by atoms with Crippen LogP contribution < -0.4 is 21.5 Å². The van der Waals surface area contributed by atoms with E-state index < -0.39 is 0 Å². The minimum atomic E-state index is -0.250. The number of hydrogen-bond acceptors (Lipinski definition) is 8. The van der Waals surface area contributed by atoms with E-state index in [1.165, 1.54) is 22.4 Å². The van der Waals surface area contributed by atoms with E-state index in [4.69, 9.17) is 20.5 Å². The van der Waals surface area contributed by atoms with Gasteiger partial charge in [-0.25, -0.2) is 0 Å². The predicted octanol–water partition coefficient (Wildman–Crippen LogP) is 5.29. The molecule has 0 aliphatic carbocycles. The van der Waals surface area contributed by atoms with Crippen LogP contribution in [0.15, 0.2) is 54.6 Å². The molecule has 0 spiro atoms. The van der Waals surface area contributed by atoms with Gasteiger partial charge in [-0.05, 0) is 80.3 Å². The number of nitrogen functional groups attached to an aromatic ring is 1. The first kappa shape index (κ1) is 34.1. The van der Waals surface area contributed by atoms with Gasteiger partial charge in [-0.15, -0.1) is 0 Å². The number of likely N-dealkylation sites (N-methyl/N-ethyl adjacent to an activating group) is 2. The smallest absolute Gasteiger partial charge is 0.306 e. The number of nitrogens with one attached hydrogen (secondary N) is 2. The fourth-order valence-electron chi connectivity index (χ4n) is 5.17. The van der Waals surface area contributed by atoms with E-state index in [-0.39, 0.29) is 24.8 Å². The lowest BCUT2D eigenvalue weighted by atomic mass is 9.84. The molecule has 3 rings (SSSR count). The summed E-state index contributed by atoms with van der Waals surface area (Å²) >= 11 is 0. The predicted molar refractivity (Wildman–Crippen MR) is 172 cm³/mol. The maximum Gasteiger partial charge on any atom is 0.306 e. The molecule has 3 aromatic carbocycles. The monoisotopic (exact) mass is 577 g/mol. The molecule has 3 aromatic rings. The number of para-hydroxylation sites is 1. The summed E-state index contributed by atoms with van der Waals surface area (Å²) in [5, 5.41) is 10.1. The van der Waals surface area contributed by atoms with Gasteiger partial charge < -0.3 is 30.4 Å². The number of anilines is 3. The van der Waals surface area contributed by atoms with Gasteiger partial charge in [0.25, 0.3) is 6.47 Å². The summed E-state index contributed by atoms with van der Waals surface area (Å²) in [7, 11) is 6.18. The van der Waals surface area contributed by atoms with Crippen LogP contribution in [0.1, 0.15) is 52.6 Å². The number of rotatable bonds is 13.